The first-order valence-electron chi connectivity index (χ1n) is 11.6. The van der Waals surface area contributed by atoms with Gasteiger partial charge in [0.1, 0.15) is 24.4 Å². The normalized spacial score (nSPS) is 11.2. The van der Waals surface area contributed by atoms with E-state index in [4.69, 9.17) is 14.2 Å². The quantitative estimate of drug-likeness (QED) is 0.301. The van der Waals surface area contributed by atoms with E-state index < -0.39 is 18.5 Å². The Morgan fingerprint density at radius 2 is 1.74 bits per heavy atom. The molecule has 12 heteroatoms. The summed E-state index contributed by atoms with van der Waals surface area (Å²) in [4.78, 5) is 32.5. The first kappa shape index (κ1) is 26.2. The van der Waals surface area contributed by atoms with Crippen molar-refractivity contribution < 1.29 is 28.9 Å². The molecular formula is C26H28N6O6. The molecule has 0 saturated carbocycles. The van der Waals surface area contributed by atoms with Crippen LogP contribution in [0.4, 0.5) is 16.3 Å². The van der Waals surface area contributed by atoms with Gasteiger partial charge in [0, 0.05) is 29.3 Å². The summed E-state index contributed by atoms with van der Waals surface area (Å²) in [6, 6.07) is 11.3. The lowest BCUT2D eigenvalue weighted by Crippen LogP contribution is -2.22. The molecule has 4 aromatic rings. The van der Waals surface area contributed by atoms with Crippen LogP contribution in [0.3, 0.4) is 0 Å². The fraction of sp³-hybridized carbons (Fsp3) is 0.269. The summed E-state index contributed by atoms with van der Waals surface area (Å²) in [5.41, 5.74) is 1.37. The lowest BCUT2D eigenvalue weighted by Gasteiger charge is -2.13. The van der Waals surface area contributed by atoms with Crippen LogP contribution in [0, 0.1) is 0 Å². The number of aromatic nitrogens is 4. The van der Waals surface area contributed by atoms with Crippen LogP contribution >= 0.6 is 0 Å². The van der Waals surface area contributed by atoms with Crippen LogP contribution in [-0.2, 0) is 16.8 Å². The van der Waals surface area contributed by atoms with Crippen LogP contribution in [0.1, 0.15) is 26.5 Å². The molecule has 0 atom stereocenters. The van der Waals surface area contributed by atoms with Gasteiger partial charge in [0.15, 0.2) is 11.5 Å². The van der Waals surface area contributed by atoms with E-state index in [2.05, 4.69) is 25.7 Å². The van der Waals surface area contributed by atoms with Gasteiger partial charge in [-0.1, -0.05) is 26.8 Å². The number of benzene rings is 2. The lowest BCUT2D eigenvalue weighted by atomic mass is 9.92. The first-order chi connectivity index (χ1) is 18.1. The largest absolute Gasteiger partial charge is 0.493 e. The third-order valence-corrected chi connectivity index (χ3v) is 5.49. The summed E-state index contributed by atoms with van der Waals surface area (Å²) >= 11 is 0. The number of anilines is 2. The van der Waals surface area contributed by atoms with E-state index in [0.29, 0.717) is 45.4 Å². The molecule has 2 amide bonds. The highest BCUT2D eigenvalue weighted by atomic mass is 16.5. The van der Waals surface area contributed by atoms with Crippen LogP contribution in [0.5, 0.6) is 23.1 Å². The summed E-state index contributed by atoms with van der Waals surface area (Å²) in [5, 5.41) is 19.6. The topological polar surface area (TPSA) is 150 Å². The van der Waals surface area contributed by atoms with Crippen molar-refractivity contribution in [3.63, 3.8) is 0 Å². The average molecular weight is 521 g/mol. The highest BCUT2D eigenvalue weighted by molar-refractivity contribution is 5.99. The van der Waals surface area contributed by atoms with Crippen molar-refractivity contribution >= 4 is 34.4 Å². The number of aliphatic carboxylic acids is 1. The summed E-state index contributed by atoms with van der Waals surface area (Å²) in [5.74, 6) is 0.937. The van der Waals surface area contributed by atoms with Gasteiger partial charge < -0.3 is 24.6 Å². The number of carbonyl (C=O) groups excluding carboxylic acids is 1. The molecule has 0 radical (unpaired) electrons. The van der Waals surface area contributed by atoms with E-state index in [9.17, 15) is 14.7 Å². The number of nitrogens with zero attached hydrogens (tertiary/aromatic N) is 4. The highest BCUT2D eigenvalue weighted by Gasteiger charge is 2.22. The molecule has 4 rings (SSSR count). The molecule has 0 bridgehead atoms. The molecule has 3 N–H and O–H groups in total. The summed E-state index contributed by atoms with van der Waals surface area (Å²) in [6.07, 6.45) is 1.38. The van der Waals surface area contributed by atoms with Gasteiger partial charge in [-0.15, -0.1) is 0 Å². The van der Waals surface area contributed by atoms with Crippen LogP contribution in [-0.4, -0.2) is 51.1 Å². The summed E-state index contributed by atoms with van der Waals surface area (Å²) in [6.45, 7) is 5.45. The Balaban J connectivity index is 1.53. The van der Waals surface area contributed by atoms with E-state index in [1.54, 1.807) is 49.6 Å². The van der Waals surface area contributed by atoms with E-state index in [1.807, 2.05) is 20.8 Å². The smallest absolute Gasteiger partial charge is 0.325 e. The molecule has 0 fully saturated rings. The number of ether oxygens (including phenoxy) is 3. The minimum absolute atomic E-state index is 0.263. The Hall–Kier alpha value is -4.87. The number of carboxylic acids is 1. The number of rotatable bonds is 8. The Bertz CT molecular complexity index is 1490. The number of carboxylic acid groups (broad SMARTS) is 1. The maximum Gasteiger partial charge on any atom is 0.325 e. The molecule has 2 aromatic heterocycles. The van der Waals surface area contributed by atoms with Gasteiger partial charge in [-0.2, -0.15) is 5.10 Å². The zero-order chi connectivity index (χ0) is 27.4. The number of amides is 2. The molecule has 198 valence electrons. The maximum absolute atomic E-state index is 12.8. The molecule has 38 heavy (non-hydrogen) atoms. The number of methoxy groups -OCH3 is 2. The summed E-state index contributed by atoms with van der Waals surface area (Å²) < 4.78 is 18.0. The molecule has 12 nitrogen and oxygen atoms in total. The van der Waals surface area contributed by atoms with Gasteiger partial charge in [0.05, 0.1) is 30.8 Å². The predicted octanol–water partition coefficient (Wildman–Crippen LogP) is 4.66. The zero-order valence-electron chi connectivity index (χ0n) is 21.6. The molecule has 0 aliphatic carbocycles. The molecule has 2 aromatic carbocycles. The Labute approximate surface area is 218 Å². The van der Waals surface area contributed by atoms with Crippen molar-refractivity contribution in [1.82, 2.24) is 19.7 Å². The summed E-state index contributed by atoms with van der Waals surface area (Å²) in [7, 11) is 3.08. The number of hydrogen-bond acceptors (Lipinski definition) is 8. The number of urea groups is 1. The molecule has 0 aliphatic rings. The number of carbonyl (C=O) groups is 2. The third kappa shape index (κ3) is 5.91. The SMILES string of the molecule is COc1cc2ncnc(Oc3cccc(NC(=O)Nc4cc(C(C)(C)C)nn4CC(=O)O)c3)c2cc1OC. The van der Waals surface area contributed by atoms with Gasteiger partial charge >= 0.3 is 12.0 Å². The molecule has 0 spiro atoms. The van der Waals surface area contributed by atoms with E-state index in [-0.39, 0.29) is 11.2 Å². The van der Waals surface area contributed by atoms with Crippen molar-refractivity contribution in [2.24, 2.45) is 0 Å². The van der Waals surface area contributed by atoms with Crippen molar-refractivity contribution in [3.05, 3.63) is 54.5 Å². The van der Waals surface area contributed by atoms with Gasteiger partial charge in [0.2, 0.25) is 5.88 Å². The van der Waals surface area contributed by atoms with Crippen LogP contribution in [0.2, 0.25) is 0 Å². The van der Waals surface area contributed by atoms with E-state index in [0.717, 1.165) is 0 Å². The van der Waals surface area contributed by atoms with Crippen molar-refractivity contribution in [3.8, 4) is 23.1 Å². The second-order valence-electron chi connectivity index (χ2n) is 9.33. The lowest BCUT2D eigenvalue weighted by molar-refractivity contribution is -0.137. The maximum atomic E-state index is 12.8. The first-order valence-corrected chi connectivity index (χ1v) is 11.6. The van der Waals surface area contributed by atoms with Crippen LogP contribution in [0.25, 0.3) is 10.9 Å². The number of nitrogens with one attached hydrogen (secondary N) is 2. The number of fused-ring (bicyclic) bond motifs is 1. The second-order valence-corrected chi connectivity index (χ2v) is 9.33. The monoisotopic (exact) mass is 520 g/mol. The predicted molar refractivity (Wildman–Crippen MR) is 140 cm³/mol. The van der Waals surface area contributed by atoms with Gasteiger partial charge in [-0.3, -0.25) is 10.1 Å². The molecule has 0 unspecified atom stereocenters. The minimum Gasteiger partial charge on any atom is -0.493 e. The van der Waals surface area contributed by atoms with Crippen LogP contribution in [0.15, 0.2) is 48.8 Å². The molecular weight excluding hydrogens is 492 g/mol. The van der Waals surface area contributed by atoms with Crippen molar-refractivity contribution in [2.75, 3.05) is 24.9 Å². The van der Waals surface area contributed by atoms with Gasteiger partial charge in [-0.25, -0.2) is 19.4 Å². The fourth-order valence-corrected chi connectivity index (χ4v) is 3.60. The highest BCUT2D eigenvalue weighted by Crippen LogP contribution is 2.36. The molecule has 0 aliphatic heterocycles. The fourth-order valence-electron chi connectivity index (χ4n) is 3.60. The standard InChI is InChI=1S/C26H28N6O6/c1-26(2,3)21-12-22(32(31-21)13-23(33)34)30-25(35)29-15-7-6-8-16(9-15)38-24-17-10-19(36-4)20(37-5)11-18(17)27-14-28-24/h6-12,14H,13H2,1-5H3,(H,33,34)(H2,29,30,35). The van der Waals surface area contributed by atoms with Gasteiger partial charge in [0.25, 0.3) is 0 Å². The Morgan fingerprint density at radius 1 is 1.00 bits per heavy atom. The molecule has 2 heterocycles. The van der Waals surface area contributed by atoms with Crippen LogP contribution < -0.4 is 24.8 Å². The zero-order valence-corrected chi connectivity index (χ0v) is 21.6. The van der Waals surface area contributed by atoms with Crippen molar-refractivity contribution in [1.29, 1.82) is 0 Å². The molecule has 0 saturated heterocycles. The Morgan fingerprint density at radius 3 is 2.42 bits per heavy atom. The average Bonchev–Trinajstić information content (AvgIpc) is 3.25. The third-order valence-electron chi connectivity index (χ3n) is 5.49. The number of hydrogen-bond donors (Lipinski definition) is 3. The van der Waals surface area contributed by atoms with Crippen molar-refractivity contribution in [2.45, 2.75) is 32.7 Å². The van der Waals surface area contributed by atoms with Gasteiger partial charge in [-0.05, 0) is 18.2 Å². The minimum atomic E-state index is -1.07. The Kier molecular flexibility index (Phi) is 7.33. The van der Waals surface area contributed by atoms with E-state index in [1.165, 1.54) is 18.1 Å². The van der Waals surface area contributed by atoms with E-state index >= 15 is 0 Å². The second kappa shape index (κ2) is 10.6.